The van der Waals surface area contributed by atoms with Gasteiger partial charge >= 0.3 is 5.97 Å². The van der Waals surface area contributed by atoms with E-state index in [9.17, 15) is 19.8 Å². The molecule has 4 aliphatic rings. The van der Waals surface area contributed by atoms with Crippen molar-refractivity contribution < 1.29 is 24.5 Å². The molecule has 1 fully saturated rings. The zero-order valence-electron chi connectivity index (χ0n) is 14.2. The zero-order chi connectivity index (χ0) is 17.3. The second-order valence-corrected chi connectivity index (χ2v) is 8.17. The summed E-state index contributed by atoms with van der Waals surface area (Å²) in [5, 5.41) is 20.5. The third-order valence-electron chi connectivity index (χ3n) is 7.36. The number of allylic oxidation sites excluding steroid dienone is 2. The highest BCUT2D eigenvalue weighted by molar-refractivity contribution is 5.95. The van der Waals surface area contributed by atoms with Crippen molar-refractivity contribution in [2.24, 2.45) is 22.7 Å². The molecule has 1 heterocycles. The minimum atomic E-state index is -0.460. The second kappa shape index (κ2) is 4.94. The fourth-order valence-corrected chi connectivity index (χ4v) is 6.22. The number of hydrogen-bond donors (Lipinski definition) is 2. The molecule has 0 spiro atoms. The largest absolute Gasteiger partial charge is 0.504 e. The molecule has 4 unspecified atom stereocenters. The lowest BCUT2D eigenvalue weighted by molar-refractivity contribution is -0.136. The van der Waals surface area contributed by atoms with E-state index < -0.39 is 5.41 Å². The van der Waals surface area contributed by atoms with E-state index in [1.54, 1.807) is 0 Å². The summed E-state index contributed by atoms with van der Waals surface area (Å²) in [6.45, 7) is 4.25. The molecule has 4 atom stereocenters. The molecule has 4 rings (SSSR count). The summed E-state index contributed by atoms with van der Waals surface area (Å²) in [6, 6.07) is 0. The second-order valence-electron chi connectivity index (χ2n) is 8.17. The molecule has 0 aromatic carbocycles. The van der Waals surface area contributed by atoms with E-state index in [0.29, 0.717) is 12.8 Å². The van der Waals surface area contributed by atoms with Crippen LogP contribution in [0.25, 0.3) is 0 Å². The monoisotopic (exact) mass is 332 g/mol. The van der Waals surface area contributed by atoms with Gasteiger partial charge in [0.25, 0.3) is 0 Å². The molecule has 0 bridgehead atoms. The highest BCUT2D eigenvalue weighted by atomic mass is 16.5. The van der Waals surface area contributed by atoms with Crippen LogP contribution in [0, 0.1) is 22.7 Å². The molecule has 130 valence electrons. The molecule has 1 aliphatic heterocycles. The number of cyclic esters (lactones) is 1. The van der Waals surface area contributed by atoms with Gasteiger partial charge in [0.05, 0.1) is 6.61 Å². The summed E-state index contributed by atoms with van der Waals surface area (Å²) in [7, 11) is 0. The van der Waals surface area contributed by atoms with Crippen molar-refractivity contribution in [3.05, 3.63) is 22.5 Å². The van der Waals surface area contributed by atoms with Crippen LogP contribution >= 0.6 is 0 Å². The van der Waals surface area contributed by atoms with E-state index in [1.165, 1.54) is 0 Å². The number of esters is 1. The molecule has 0 amide bonds. The Balaban J connectivity index is 1.84. The Hall–Kier alpha value is -1.62. The number of ketones is 1. The smallest absolute Gasteiger partial charge is 0.334 e. The van der Waals surface area contributed by atoms with Crippen molar-refractivity contribution >= 4 is 11.8 Å². The van der Waals surface area contributed by atoms with Gasteiger partial charge in [-0.2, -0.15) is 0 Å². The first kappa shape index (κ1) is 15.9. The van der Waals surface area contributed by atoms with Crippen LogP contribution < -0.4 is 0 Å². The quantitative estimate of drug-likeness (QED) is 0.721. The van der Waals surface area contributed by atoms with Gasteiger partial charge in [0.1, 0.15) is 6.61 Å². The number of Topliss-reactive ketones (excluding diaryl/α,β-unsaturated/α-hetero) is 1. The van der Waals surface area contributed by atoms with Crippen LogP contribution in [0.1, 0.15) is 46.0 Å². The maximum Gasteiger partial charge on any atom is 0.334 e. The number of rotatable bonds is 1. The van der Waals surface area contributed by atoms with Crippen molar-refractivity contribution in [1.82, 2.24) is 0 Å². The summed E-state index contributed by atoms with van der Waals surface area (Å²) in [6.07, 6.45) is 3.32. The molecular formula is C19H24O5. The van der Waals surface area contributed by atoms with Crippen molar-refractivity contribution in [2.45, 2.75) is 46.0 Å². The number of aliphatic hydroxyl groups is 2. The molecule has 0 aromatic heterocycles. The van der Waals surface area contributed by atoms with E-state index in [0.717, 1.165) is 36.0 Å². The zero-order valence-corrected chi connectivity index (χ0v) is 14.2. The first-order valence-electron chi connectivity index (χ1n) is 8.78. The number of ether oxygens (including phenoxy) is 1. The number of aliphatic hydroxyl groups excluding tert-OH is 2. The number of carbonyl (C=O) groups excluding carboxylic acids is 2. The van der Waals surface area contributed by atoms with E-state index in [4.69, 9.17) is 4.74 Å². The summed E-state index contributed by atoms with van der Waals surface area (Å²) < 4.78 is 5.26. The molecule has 0 aromatic rings. The van der Waals surface area contributed by atoms with Crippen LogP contribution in [0.2, 0.25) is 0 Å². The van der Waals surface area contributed by atoms with E-state index in [2.05, 4.69) is 6.92 Å². The van der Waals surface area contributed by atoms with Crippen LogP contribution in [-0.2, 0) is 14.3 Å². The fourth-order valence-electron chi connectivity index (χ4n) is 6.22. The van der Waals surface area contributed by atoms with Crippen LogP contribution in [0.5, 0.6) is 0 Å². The fraction of sp³-hybridized carbons (Fsp3) is 0.684. The van der Waals surface area contributed by atoms with Crippen LogP contribution in [-0.4, -0.2) is 35.2 Å². The summed E-state index contributed by atoms with van der Waals surface area (Å²) in [5.74, 6) is -0.228. The van der Waals surface area contributed by atoms with E-state index in [1.807, 2.05) is 6.92 Å². The summed E-state index contributed by atoms with van der Waals surface area (Å²) >= 11 is 0. The van der Waals surface area contributed by atoms with Crippen LogP contribution in [0.4, 0.5) is 0 Å². The summed E-state index contributed by atoms with van der Waals surface area (Å²) in [5.41, 5.74) is 1.75. The number of carbonyl (C=O) groups is 2. The predicted molar refractivity (Wildman–Crippen MR) is 86.0 cm³/mol. The minimum absolute atomic E-state index is 0.0155. The molecule has 5 nitrogen and oxygen atoms in total. The summed E-state index contributed by atoms with van der Waals surface area (Å²) in [4.78, 5) is 24.3. The molecule has 1 saturated carbocycles. The third kappa shape index (κ3) is 1.74. The van der Waals surface area contributed by atoms with Crippen molar-refractivity contribution in [3.63, 3.8) is 0 Å². The van der Waals surface area contributed by atoms with Crippen LogP contribution in [0.15, 0.2) is 22.5 Å². The van der Waals surface area contributed by atoms with Gasteiger partial charge in [0.15, 0.2) is 11.5 Å². The highest BCUT2D eigenvalue weighted by Crippen LogP contribution is 2.65. The lowest BCUT2D eigenvalue weighted by Crippen LogP contribution is -2.56. The van der Waals surface area contributed by atoms with Crippen molar-refractivity contribution in [1.29, 1.82) is 0 Å². The van der Waals surface area contributed by atoms with Crippen LogP contribution in [0.3, 0.4) is 0 Å². The predicted octanol–water partition coefficient (Wildman–Crippen LogP) is 2.45. The Morgan fingerprint density at radius 2 is 2.04 bits per heavy atom. The number of fused-ring (bicyclic) bond motifs is 4. The lowest BCUT2D eigenvalue weighted by Gasteiger charge is -2.60. The standard InChI is InChI=1S/C19H24O5/c1-10-12-5-6-19(9-20)13-8-24-17(23)11(13)3-4-15(19)18(12,2)7-14(21)16(10)22/h12,15,20,22H,3-9H2,1-2H3. The Labute approximate surface area is 141 Å². The molecule has 3 aliphatic carbocycles. The van der Waals surface area contributed by atoms with Crippen molar-refractivity contribution in [2.75, 3.05) is 13.2 Å². The van der Waals surface area contributed by atoms with E-state index >= 15 is 0 Å². The van der Waals surface area contributed by atoms with Gasteiger partial charge in [-0.25, -0.2) is 4.79 Å². The molecule has 0 radical (unpaired) electrons. The maximum atomic E-state index is 12.4. The topological polar surface area (TPSA) is 83.8 Å². The third-order valence-corrected chi connectivity index (χ3v) is 7.36. The van der Waals surface area contributed by atoms with Gasteiger partial charge in [-0.1, -0.05) is 6.92 Å². The van der Waals surface area contributed by atoms with Gasteiger partial charge < -0.3 is 14.9 Å². The van der Waals surface area contributed by atoms with Gasteiger partial charge in [-0.15, -0.1) is 0 Å². The average molecular weight is 332 g/mol. The average Bonchev–Trinajstić information content (AvgIpc) is 2.94. The molecule has 2 N–H and O–H groups in total. The SMILES string of the molecule is CC1=C(O)C(=O)CC2(C)C1CCC1(CO)C3=C(CCC12)C(=O)OC3. The Morgan fingerprint density at radius 3 is 2.75 bits per heavy atom. The maximum absolute atomic E-state index is 12.4. The van der Waals surface area contributed by atoms with Crippen molar-refractivity contribution in [3.8, 4) is 0 Å². The molecule has 0 saturated heterocycles. The van der Waals surface area contributed by atoms with E-state index in [-0.39, 0.29) is 48.0 Å². The first-order chi connectivity index (χ1) is 11.3. The molecular weight excluding hydrogens is 308 g/mol. The van der Waals surface area contributed by atoms with Gasteiger partial charge in [0.2, 0.25) is 0 Å². The van der Waals surface area contributed by atoms with Gasteiger partial charge in [0, 0.05) is 17.4 Å². The van der Waals surface area contributed by atoms with Gasteiger partial charge in [-0.3, -0.25) is 4.79 Å². The highest BCUT2D eigenvalue weighted by Gasteiger charge is 2.61. The Morgan fingerprint density at radius 1 is 1.29 bits per heavy atom. The minimum Gasteiger partial charge on any atom is -0.504 e. The molecule has 24 heavy (non-hydrogen) atoms. The Kier molecular flexibility index (Phi) is 3.27. The molecule has 5 heteroatoms. The lowest BCUT2D eigenvalue weighted by atomic mass is 9.43. The van der Waals surface area contributed by atoms with Gasteiger partial charge in [-0.05, 0) is 61.0 Å². The Bertz CT molecular complexity index is 703. The normalized spacial score (nSPS) is 41.8. The first-order valence-corrected chi connectivity index (χ1v) is 8.78. The number of hydrogen-bond acceptors (Lipinski definition) is 5.